The van der Waals surface area contributed by atoms with Crippen LogP contribution in [0, 0.1) is 0 Å². The van der Waals surface area contributed by atoms with E-state index in [0.717, 1.165) is 11.1 Å². The zero-order valence-electron chi connectivity index (χ0n) is 20.4. The van der Waals surface area contributed by atoms with Crippen molar-refractivity contribution in [3.8, 4) is 0 Å². The molecular weight excluding hydrogens is 466 g/mol. The van der Waals surface area contributed by atoms with Gasteiger partial charge in [-0.25, -0.2) is 4.79 Å². The number of benzene rings is 1. The van der Waals surface area contributed by atoms with Crippen molar-refractivity contribution in [2.24, 2.45) is 0 Å². The van der Waals surface area contributed by atoms with Gasteiger partial charge in [-0.2, -0.15) is 9.97 Å². The Morgan fingerprint density at radius 3 is 2.39 bits per heavy atom. The van der Waals surface area contributed by atoms with Crippen molar-refractivity contribution in [1.82, 2.24) is 15.3 Å². The van der Waals surface area contributed by atoms with Crippen molar-refractivity contribution in [3.63, 3.8) is 0 Å². The summed E-state index contributed by atoms with van der Waals surface area (Å²) in [6.07, 6.45) is 3.43. The van der Waals surface area contributed by atoms with Crippen molar-refractivity contribution in [2.75, 3.05) is 24.7 Å². The lowest BCUT2D eigenvalue weighted by Crippen LogP contribution is -2.42. The number of furan rings is 1. The predicted octanol–water partition coefficient (Wildman–Crippen LogP) is 2.95. The number of hydrogen-bond acceptors (Lipinski definition) is 10. The number of amides is 1. The average molecular weight is 496 g/mol. The van der Waals surface area contributed by atoms with Gasteiger partial charge in [0.15, 0.2) is 0 Å². The Morgan fingerprint density at radius 1 is 1.06 bits per heavy atom. The number of carbonyl (C=O) groups is 3. The molecule has 1 amide bonds. The first-order valence-corrected chi connectivity index (χ1v) is 11.5. The summed E-state index contributed by atoms with van der Waals surface area (Å²) in [4.78, 5) is 44.8. The van der Waals surface area contributed by atoms with Gasteiger partial charge in [-0.3, -0.25) is 9.59 Å². The maximum atomic E-state index is 12.8. The highest BCUT2D eigenvalue weighted by molar-refractivity contribution is 5.99. The van der Waals surface area contributed by atoms with E-state index < -0.39 is 23.9 Å². The molecule has 0 aliphatic rings. The van der Waals surface area contributed by atoms with E-state index in [1.54, 1.807) is 38.1 Å². The number of carbonyl (C=O) groups excluding carboxylic acids is 3. The summed E-state index contributed by atoms with van der Waals surface area (Å²) in [5, 5.41) is 3.21. The standard InChI is InChI=1S/C25H29N5O6/c1-4-34-19(31)11-10-18(24(33)35-5-2)28-22(32)16-8-6-15(7-9-16)14(3)12-17-13-36-23-20(17)21(26)29-25(27)30-23/h6-9,12-13,18H,4-5,10-11H2,1-3H3,(H,28,32)(H4,26,27,29,30)/b14-12+/t18-/m1/s1. The van der Waals surface area contributed by atoms with Gasteiger partial charge in [0.25, 0.3) is 5.91 Å². The summed E-state index contributed by atoms with van der Waals surface area (Å²) in [7, 11) is 0. The van der Waals surface area contributed by atoms with Gasteiger partial charge in [-0.1, -0.05) is 12.1 Å². The van der Waals surface area contributed by atoms with Crippen LogP contribution in [-0.4, -0.2) is 47.1 Å². The smallest absolute Gasteiger partial charge is 0.328 e. The third kappa shape index (κ3) is 6.38. The van der Waals surface area contributed by atoms with Gasteiger partial charge >= 0.3 is 11.9 Å². The molecule has 0 bridgehead atoms. The number of nitrogens with one attached hydrogen (secondary N) is 1. The molecule has 0 aliphatic heterocycles. The molecule has 0 radical (unpaired) electrons. The topological polar surface area (TPSA) is 173 Å². The number of rotatable bonds is 10. The molecule has 11 nitrogen and oxygen atoms in total. The minimum absolute atomic E-state index is 0.0225. The van der Waals surface area contributed by atoms with E-state index in [1.807, 2.05) is 13.0 Å². The van der Waals surface area contributed by atoms with E-state index >= 15 is 0 Å². The van der Waals surface area contributed by atoms with Crippen molar-refractivity contribution < 1.29 is 28.3 Å². The molecular formula is C25H29N5O6. The number of nitrogens with two attached hydrogens (primary N) is 2. The van der Waals surface area contributed by atoms with Gasteiger partial charge < -0.3 is 30.7 Å². The second kappa shape index (κ2) is 11.8. The minimum Gasteiger partial charge on any atom is -0.466 e. The summed E-state index contributed by atoms with van der Waals surface area (Å²) in [6.45, 7) is 5.65. The van der Waals surface area contributed by atoms with Crippen molar-refractivity contribution in [1.29, 1.82) is 0 Å². The highest BCUT2D eigenvalue weighted by Gasteiger charge is 2.24. The third-order valence-corrected chi connectivity index (χ3v) is 5.30. The monoisotopic (exact) mass is 495 g/mol. The van der Waals surface area contributed by atoms with Crippen LogP contribution in [0.15, 0.2) is 34.9 Å². The Hall–Kier alpha value is -4.41. The summed E-state index contributed by atoms with van der Waals surface area (Å²) in [5.74, 6) is -1.27. The number of allylic oxidation sites excluding steroid dienone is 1. The van der Waals surface area contributed by atoms with Crippen LogP contribution in [-0.2, 0) is 19.1 Å². The van der Waals surface area contributed by atoms with E-state index in [-0.39, 0.29) is 37.8 Å². The van der Waals surface area contributed by atoms with Crippen LogP contribution in [0.1, 0.15) is 55.1 Å². The molecule has 11 heteroatoms. The molecule has 0 saturated carbocycles. The Labute approximate surface area is 207 Å². The summed E-state index contributed by atoms with van der Waals surface area (Å²) < 4.78 is 15.4. The summed E-state index contributed by atoms with van der Waals surface area (Å²) in [5.41, 5.74) is 14.7. The first-order chi connectivity index (χ1) is 17.2. The fourth-order valence-electron chi connectivity index (χ4n) is 3.54. The molecule has 36 heavy (non-hydrogen) atoms. The molecule has 0 saturated heterocycles. The van der Waals surface area contributed by atoms with E-state index in [4.69, 9.17) is 25.4 Å². The molecule has 0 fully saturated rings. The normalized spacial score (nSPS) is 12.2. The van der Waals surface area contributed by atoms with Crippen LogP contribution in [0.5, 0.6) is 0 Å². The quantitative estimate of drug-likeness (QED) is 0.355. The van der Waals surface area contributed by atoms with Crippen LogP contribution in [0.2, 0.25) is 0 Å². The lowest BCUT2D eigenvalue weighted by molar-refractivity contribution is -0.146. The van der Waals surface area contributed by atoms with Gasteiger partial charge in [0.05, 0.1) is 18.6 Å². The largest absolute Gasteiger partial charge is 0.466 e. The fourth-order valence-corrected chi connectivity index (χ4v) is 3.54. The second-order valence-corrected chi connectivity index (χ2v) is 7.86. The molecule has 1 atom stereocenters. The van der Waals surface area contributed by atoms with E-state index in [0.29, 0.717) is 22.2 Å². The first-order valence-electron chi connectivity index (χ1n) is 11.5. The number of hydrogen-bond donors (Lipinski definition) is 3. The zero-order valence-corrected chi connectivity index (χ0v) is 20.4. The molecule has 0 spiro atoms. The van der Waals surface area contributed by atoms with Gasteiger partial charge in [-0.05, 0) is 56.5 Å². The van der Waals surface area contributed by atoms with Gasteiger partial charge in [0.1, 0.15) is 18.1 Å². The van der Waals surface area contributed by atoms with Gasteiger partial charge in [0.2, 0.25) is 11.7 Å². The third-order valence-electron chi connectivity index (χ3n) is 5.30. The maximum Gasteiger partial charge on any atom is 0.328 e. The van der Waals surface area contributed by atoms with Gasteiger partial charge in [0, 0.05) is 17.5 Å². The van der Waals surface area contributed by atoms with Crippen molar-refractivity contribution in [2.45, 2.75) is 39.7 Å². The molecule has 0 aliphatic carbocycles. The number of esters is 2. The van der Waals surface area contributed by atoms with E-state index in [1.165, 1.54) is 6.26 Å². The summed E-state index contributed by atoms with van der Waals surface area (Å²) >= 11 is 0. The van der Waals surface area contributed by atoms with Crippen molar-refractivity contribution >= 4 is 52.4 Å². The lowest BCUT2D eigenvalue weighted by atomic mass is 10.0. The highest BCUT2D eigenvalue weighted by Crippen LogP contribution is 2.28. The number of aromatic nitrogens is 2. The van der Waals surface area contributed by atoms with Crippen LogP contribution >= 0.6 is 0 Å². The molecule has 2 aromatic heterocycles. The van der Waals surface area contributed by atoms with E-state index in [2.05, 4.69) is 15.3 Å². The predicted molar refractivity (Wildman–Crippen MR) is 134 cm³/mol. The number of ether oxygens (including phenoxy) is 2. The average Bonchev–Trinajstić information content (AvgIpc) is 3.24. The van der Waals surface area contributed by atoms with Crippen LogP contribution in [0.25, 0.3) is 22.7 Å². The maximum absolute atomic E-state index is 12.8. The van der Waals surface area contributed by atoms with Crippen LogP contribution in [0.4, 0.5) is 11.8 Å². The second-order valence-electron chi connectivity index (χ2n) is 7.86. The molecule has 190 valence electrons. The molecule has 2 heterocycles. The number of anilines is 2. The zero-order chi connectivity index (χ0) is 26.2. The summed E-state index contributed by atoms with van der Waals surface area (Å²) in [6, 6.07) is 5.86. The highest BCUT2D eigenvalue weighted by atomic mass is 16.5. The fraction of sp³-hybridized carbons (Fsp3) is 0.320. The number of fused-ring (bicyclic) bond motifs is 1. The first kappa shape index (κ1) is 26.2. The molecule has 1 aromatic carbocycles. The van der Waals surface area contributed by atoms with Crippen LogP contribution < -0.4 is 16.8 Å². The Bertz CT molecular complexity index is 1280. The number of nitrogen functional groups attached to an aromatic ring is 2. The van der Waals surface area contributed by atoms with Crippen molar-refractivity contribution in [3.05, 3.63) is 47.2 Å². The van der Waals surface area contributed by atoms with E-state index in [9.17, 15) is 14.4 Å². The lowest BCUT2D eigenvalue weighted by Gasteiger charge is -2.17. The SMILES string of the molecule is CCOC(=O)CC[C@@H](NC(=O)c1ccc(/C(C)=C/c2coc3nc(N)nc(N)c23)cc1)C(=O)OCC. The van der Waals surface area contributed by atoms with Crippen LogP contribution in [0.3, 0.4) is 0 Å². The Balaban J connectivity index is 1.73. The molecule has 0 unspecified atom stereocenters. The van der Waals surface area contributed by atoms with Gasteiger partial charge in [-0.15, -0.1) is 0 Å². The Kier molecular flexibility index (Phi) is 8.61. The molecule has 3 aromatic rings. The minimum atomic E-state index is -0.973. The number of nitrogens with zero attached hydrogens (tertiary/aromatic N) is 2. The molecule has 5 N–H and O–H groups in total. The molecule has 3 rings (SSSR count). The Morgan fingerprint density at radius 2 is 1.72 bits per heavy atom.